The van der Waals surface area contributed by atoms with Crippen molar-refractivity contribution in [3.05, 3.63) is 54.6 Å². The van der Waals surface area contributed by atoms with Gasteiger partial charge in [0.25, 0.3) is 0 Å². The lowest BCUT2D eigenvalue weighted by atomic mass is 10.0. The zero-order valence-corrected chi connectivity index (χ0v) is 13.0. The van der Waals surface area contributed by atoms with E-state index in [4.69, 9.17) is 10.5 Å². The first-order valence-corrected chi connectivity index (χ1v) is 7.82. The fraction of sp³-hybridized carbons (Fsp3) is 0.368. The minimum absolute atomic E-state index is 0.0903. The summed E-state index contributed by atoms with van der Waals surface area (Å²) in [5, 5.41) is 0. The fourth-order valence-corrected chi connectivity index (χ4v) is 2.52. The highest BCUT2D eigenvalue weighted by molar-refractivity contribution is 5.63. The van der Waals surface area contributed by atoms with Gasteiger partial charge < -0.3 is 10.5 Å². The number of hydrogen-bond acceptors (Lipinski definition) is 2. The summed E-state index contributed by atoms with van der Waals surface area (Å²) in [7, 11) is 0. The average molecular weight is 283 g/mol. The quantitative estimate of drug-likeness (QED) is 0.803. The summed E-state index contributed by atoms with van der Waals surface area (Å²) in [5.74, 6) is 0.896. The van der Waals surface area contributed by atoms with Crippen LogP contribution in [0.2, 0.25) is 0 Å². The van der Waals surface area contributed by atoms with Crippen LogP contribution in [-0.2, 0) is 0 Å². The van der Waals surface area contributed by atoms with Crippen molar-refractivity contribution in [1.82, 2.24) is 0 Å². The van der Waals surface area contributed by atoms with Gasteiger partial charge in [0.15, 0.2) is 0 Å². The van der Waals surface area contributed by atoms with Gasteiger partial charge in [0, 0.05) is 6.04 Å². The highest BCUT2D eigenvalue weighted by Gasteiger charge is 2.16. The Labute approximate surface area is 127 Å². The molecule has 2 heteroatoms. The van der Waals surface area contributed by atoms with E-state index in [1.54, 1.807) is 0 Å². The minimum Gasteiger partial charge on any atom is -0.489 e. The third-order valence-electron chi connectivity index (χ3n) is 3.75. The molecule has 0 fully saturated rings. The van der Waals surface area contributed by atoms with Crippen molar-refractivity contribution in [1.29, 1.82) is 0 Å². The van der Waals surface area contributed by atoms with Gasteiger partial charge in [-0.15, -0.1) is 0 Å². The largest absolute Gasteiger partial charge is 0.489 e. The zero-order valence-electron chi connectivity index (χ0n) is 13.0. The van der Waals surface area contributed by atoms with Gasteiger partial charge in [-0.3, -0.25) is 0 Å². The molecule has 2 aromatic rings. The van der Waals surface area contributed by atoms with E-state index in [9.17, 15) is 0 Å². The number of benzene rings is 2. The van der Waals surface area contributed by atoms with E-state index in [1.165, 1.54) is 11.1 Å². The molecule has 0 aliphatic carbocycles. The smallest absolute Gasteiger partial charge is 0.119 e. The Morgan fingerprint density at radius 1 is 0.905 bits per heavy atom. The van der Waals surface area contributed by atoms with E-state index in [1.807, 2.05) is 18.2 Å². The zero-order chi connectivity index (χ0) is 15.1. The van der Waals surface area contributed by atoms with Crippen LogP contribution in [0.3, 0.4) is 0 Å². The minimum atomic E-state index is 0.0903. The van der Waals surface area contributed by atoms with E-state index in [2.05, 4.69) is 50.2 Å². The molecule has 0 aliphatic rings. The number of hydrogen-bond donors (Lipinski definition) is 1. The van der Waals surface area contributed by atoms with Gasteiger partial charge in [-0.1, -0.05) is 62.7 Å². The summed E-state index contributed by atoms with van der Waals surface area (Å²) in [6.45, 7) is 4.28. The molecule has 2 N–H and O–H groups in total. The van der Waals surface area contributed by atoms with E-state index < -0.39 is 0 Å². The first-order chi connectivity index (χ1) is 10.2. The van der Waals surface area contributed by atoms with Gasteiger partial charge in [-0.2, -0.15) is 0 Å². The maximum atomic E-state index is 6.18. The molecule has 0 radical (unpaired) electrons. The Morgan fingerprint density at radius 3 is 2.10 bits per heavy atom. The Bertz CT molecular complexity index is 521. The SMILES string of the molecule is CCCC(N)C(CC)Oc1ccc(-c2ccccc2)cc1. The average Bonchev–Trinajstić information content (AvgIpc) is 2.54. The lowest BCUT2D eigenvalue weighted by molar-refractivity contribution is 0.161. The molecule has 2 unspecified atom stereocenters. The maximum absolute atomic E-state index is 6.18. The Hall–Kier alpha value is -1.80. The first-order valence-electron chi connectivity index (χ1n) is 7.82. The van der Waals surface area contributed by atoms with E-state index >= 15 is 0 Å². The number of nitrogens with two attached hydrogens (primary N) is 1. The molecule has 0 heterocycles. The van der Waals surface area contributed by atoms with Gasteiger partial charge in [0.1, 0.15) is 11.9 Å². The molecule has 0 aromatic heterocycles. The van der Waals surface area contributed by atoms with Crippen LogP contribution in [0.4, 0.5) is 0 Å². The summed E-state index contributed by atoms with van der Waals surface area (Å²) >= 11 is 0. The lowest BCUT2D eigenvalue weighted by Gasteiger charge is -2.23. The van der Waals surface area contributed by atoms with Crippen molar-refractivity contribution in [2.45, 2.75) is 45.3 Å². The normalized spacial score (nSPS) is 13.7. The molecule has 0 saturated carbocycles. The van der Waals surface area contributed by atoms with Crippen LogP contribution in [0.15, 0.2) is 54.6 Å². The molecule has 0 bridgehead atoms. The molecule has 2 nitrogen and oxygen atoms in total. The van der Waals surface area contributed by atoms with Crippen LogP contribution in [0.25, 0.3) is 11.1 Å². The van der Waals surface area contributed by atoms with Crippen LogP contribution >= 0.6 is 0 Å². The molecule has 112 valence electrons. The van der Waals surface area contributed by atoms with Crippen LogP contribution in [-0.4, -0.2) is 12.1 Å². The second-order valence-corrected chi connectivity index (χ2v) is 5.41. The third-order valence-corrected chi connectivity index (χ3v) is 3.75. The molecule has 2 rings (SSSR count). The molecule has 2 atom stereocenters. The van der Waals surface area contributed by atoms with E-state index in [0.29, 0.717) is 0 Å². The van der Waals surface area contributed by atoms with E-state index in [0.717, 1.165) is 25.0 Å². The monoisotopic (exact) mass is 283 g/mol. The van der Waals surface area contributed by atoms with Crippen LogP contribution in [0.5, 0.6) is 5.75 Å². The fourth-order valence-electron chi connectivity index (χ4n) is 2.52. The van der Waals surface area contributed by atoms with Gasteiger partial charge >= 0.3 is 0 Å². The van der Waals surface area contributed by atoms with E-state index in [-0.39, 0.29) is 12.1 Å². The predicted octanol–water partition coefficient (Wildman–Crippen LogP) is 4.64. The molecule has 2 aromatic carbocycles. The van der Waals surface area contributed by atoms with Gasteiger partial charge in [0.05, 0.1) is 0 Å². The van der Waals surface area contributed by atoms with Gasteiger partial charge in [-0.05, 0) is 36.1 Å². The van der Waals surface area contributed by atoms with Crippen molar-refractivity contribution in [2.24, 2.45) is 5.73 Å². The van der Waals surface area contributed by atoms with Crippen molar-refractivity contribution in [2.75, 3.05) is 0 Å². The summed E-state index contributed by atoms with van der Waals surface area (Å²) in [6.07, 6.45) is 3.11. The molecule has 0 spiro atoms. The van der Waals surface area contributed by atoms with Crippen LogP contribution in [0.1, 0.15) is 33.1 Å². The van der Waals surface area contributed by atoms with Gasteiger partial charge in [0.2, 0.25) is 0 Å². The molecule has 0 saturated heterocycles. The summed E-state index contributed by atoms with van der Waals surface area (Å²) in [5.41, 5.74) is 8.61. The summed E-state index contributed by atoms with van der Waals surface area (Å²) in [6, 6.07) is 18.7. The molecule has 21 heavy (non-hydrogen) atoms. The summed E-state index contributed by atoms with van der Waals surface area (Å²) in [4.78, 5) is 0. The van der Waals surface area contributed by atoms with Gasteiger partial charge in [-0.25, -0.2) is 0 Å². The Morgan fingerprint density at radius 2 is 1.52 bits per heavy atom. The highest BCUT2D eigenvalue weighted by Crippen LogP contribution is 2.23. The maximum Gasteiger partial charge on any atom is 0.119 e. The molecule has 0 amide bonds. The topological polar surface area (TPSA) is 35.2 Å². The lowest BCUT2D eigenvalue weighted by Crippen LogP contribution is -2.38. The Kier molecular flexibility index (Phi) is 5.82. The molecular weight excluding hydrogens is 258 g/mol. The van der Waals surface area contributed by atoms with Crippen molar-refractivity contribution in [3.63, 3.8) is 0 Å². The van der Waals surface area contributed by atoms with Crippen molar-refractivity contribution < 1.29 is 4.74 Å². The Balaban J connectivity index is 2.05. The van der Waals surface area contributed by atoms with Crippen molar-refractivity contribution in [3.8, 4) is 16.9 Å². The second kappa shape index (κ2) is 7.84. The van der Waals surface area contributed by atoms with Crippen molar-refractivity contribution >= 4 is 0 Å². The predicted molar refractivity (Wildman–Crippen MR) is 89.5 cm³/mol. The number of rotatable bonds is 7. The first kappa shape index (κ1) is 15.6. The third kappa shape index (κ3) is 4.33. The second-order valence-electron chi connectivity index (χ2n) is 5.41. The number of ether oxygens (including phenoxy) is 1. The molecular formula is C19H25NO. The van der Waals surface area contributed by atoms with Crippen LogP contribution in [0, 0.1) is 0 Å². The summed E-state index contributed by atoms with van der Waals surface area (Å²) < 4.78 is 6.04. The molecule has 0 aliphatic heterocycles. The standard InChI is InChI=1S/C19H25NO/c1-3-8-18(20)19(4-2)21-17-13-11-16(12-14-17)15-9-6-5-7-10-15/h5-7,9-14,18-19H,3-4,8,20H2,1-2H3. The highest BCUT2D eigenvalue weighted by atomic mass is 16.5. The van der Waals surface area contributed by atoms with Crippen LogP contribution < -0.4 is 10.5 Å².